The van der Waals surface area contributed by atoms with Crippen molar-refractivity contribution >= 4 is 16.6 Å². The van der Waals surface area contributed by atoms with E-state index in [9.17, 15) is 0 Å². The van der Waals surface area contributed by atoms with Gasteiger partial charge in [0.05, 0.1) is 5.56 Å². The highest BCUT2D eigenvalue weighted by molar-refractivity contribution is 5.89. The van der Waals surface area contributed by atoms with E-state index in [1.165, 1.54) is 0 Å². The highest BCUT2D eigenvalue weighted by Gasteiger charge is 2.06. The van der Waals surface area contributed by atoms with E-state index < -0.39 is 0 Å². The molecule has 0 aliphatic carbocycles. The summed E-state index contributed by atoms with van der Waals surface area (Å²) in [5, 5.41) is 9.79. The maximum atomic E-state index is 8.89. The second-order valence-corrected chi connectivity index (χ2v) is 3.04. The number of fused-ring (bicyclic) bond motifs is 1. The number of aromatic amines is 1. The summed E-state index contributed by atoms with van der Waals surface area (Å²) in [7, 11) is 0. The Labute approximate surface area is 75.8 Å². The van der Waals surface area contributed by atoms with Crippen LogP contribution >= 0.6 is 0 Å². The molecule has 0 saturated carbocycles. The fraction of sp³-hybridized carbons (Fsp3) is 0.100. The molecule has 0 amide bonds. The molecule has 0 aliphatic heterocycles. The summed E-state index contributed by atoms with van der Waals surface area (Å²) < 4.78 is 0. The van der Waals surface area contributed by atoms with Crippen molar-refractivity contribution in [2.75, 3.05) is 5.73 Å². The van der Waals surface area contributed by atoms with Gasteiger partial charge in [0.15, 0.2) is 0 Å². The third-order valence-corrected chi connectivity index (χ3v) is 2.12. The van der Waals surface area contributed by atoms with Gasteiger partial charge in [0, 0.05) is 22.3 Å². The summed E-state index contributed by atoms with van der Waals surface area (Å²) in [4.78, 5) is 3.13. The maximum absolute atomic E-state index is 8.89. The molecule has 0 aliphatic rings. The van der Waals surface area contributed by atoms with Crippen molar-refractivity contribution in [3.8, 4) is 6.07 Å². The summed E-state index contributed by atoms with van der Waals surface area (Å²) >= 11 is 0. The van der Waals surface area contributed by atoms with Gasteiger partial charge in [0.2, 0.25) is 0 Å². The van der Waals surface area contributed by atoms with Crippen LogP contribution in [0.15, 0.2) is 18.2 Å². The Bertz CT molecular complexity index is 503. The average molecular weight is 171 g/mol. The fourth-order valence-corrected chi connectivity index (χ4v) is 1.49. The molecule has 13 heavy (non-hydrogen) atoms. The first-order chi connectivity index (χ1) is 6.22. The van der Waals surface area contributed by atoms with Gasteiger partial charge >= 0.3 is 0 Å². The molecule has 0 spiro atoms. The molecule has 1 aromatic carbocycles. The van der Waals surface area contributed by atoms with Crippen molar-refractivity contribution in [3.05, 3.63) is 29.5 Å². The first-order valence-corrected chi connectivity index (χ1v) is 4.00. The largest absolute Gasteiger partial charge is 0.399 e. The van der Waals surface area contributed by atoms with Crippen molar-refractivity contribution in [3.63, 3.8) is 0 Å². The van der Waals surface area contributed by atoms with E-state index in [1.807, 2.05) is 25.1 Å². The van der Waals surface area contributed by atoms with E-state index in [0.29, 0.717) is 11.3 Å². The van der Waals surface area contributed by atoms with E-state index in [2.05, 4.69) is 11.1 Å². The molecular formula is C10H9N3. The lowest BCUT2D eigenvalue weighted by Gasteiger charge is -1.92. The molecule has 0 radical (unpaired) electrons. The van der Waals surface area contributed by atoms with Gasteiger partial charge < -0.3 is 10.7 Å². The summed E-state index contributed by atoms with van der Waals surface area (Å²) in [6.45, 7) is 1.88. The van der Waals surface area contributed by atoms with Crippen LogP contribution in [0.4, 0.5) is 5.69 Å². The molecule has 3 N–H and O–H groups in total. The predicted octanol–water partition coefficient (Wildman–Crippen LogP) is 1.93. The average Bonchev–Trinajstić information content (AvgIpc) is 2.40. The summed E-state index contributed by atoms with van der Waals surface area (Å²) in [6, 6.07) is 7.68. The highest BCUT2D eigenvalue weighted by Crippen LogP contribution is 2.23. The van der Waals surface area contributed by atoms with E-state index in [0.717, 1.165) is 16.6 Å². The summed E-state index contributed by atoms with van der Waals surface area (Å²) in [5.41, 5.74) is 8.85. The second kappa shape index (κ2) is 2.53. The molecular weight excluding hydrogens is 162 g/mol. The van der Waals surface area contributed by atoms with Gasteiger partial charge in [0.25, 0.3) is 0 Å². The number of rotatable bonds is 0. The zero-order valence-electron chi connectivity index (χ0n) is 7.26. The van der Waals surface area contributed by atoms with E-state index in [4.69, 9.17) is 11.0 Å². The number of benzene rings is 1. The van der Waals surface area contributed by atoms with Crippen LogP contribution in [0.5, 0.6) is 0 Å². The summed E-state index contributed by atoms with van der Waals surface area (Å²) in [6.07, 6.45) is 0. The molecule has 0 saturated heterocycles. The van der Waals surface area contributed by atoms with E-state index in [1.54, 1.807) is 0 Å². The Balaban J connectivity index is 2.91. The Hall–Kier alpha value is -1.95. The number of hydrogen-bond acceptors (Lipinski definition) is 2. The van der Waals surface area contributed by atoms with Crippen LogP contribution in [0.3, 0.4) is 0 Å². The first kappa shape index (κ1) is 7.69. The normalized spacial score (nSPS) is 10.2. The van der Waals surface area contributed by atoms with Crippen LogP contribution in [0.2, 0.25) is 0 Å². The van der Waals surface area contributed by atoms with Crippen LogP contribution in [0.1, 0.15) is 11.3 Å². The Kier molecular flexibility index (Phi) is 1.49. The molecule has 3 nitrogen and oxygen atoms in total. The number of H-pyrrole nitrogens is 1. The number of nitrogens with one attached hydrogen (secondary N) is 1. The van der Waals surface area contributed by atoms with Crippen molar-refractivity contribution < 1.29 is 0 Å². The number of nitrogens with zero attached hydrogens (tertiary/aromatic N) is 1. The number of anilines is 1. The summed E-state index contributed by atoms with van der Waals surface area (Å²) in [5.74, 6) is 0. The lowest BCUT2D eigenvalue weighted by molar-refractivity contribution is 1.28. The number of nitriles is 1. The molecule has 0 fully saturated rings. The highest BCUT2D eigenvalue weighted by atomic mass is 14.7. The van der Waals surface area contributed by atoms with Crippen molar-refractivity contribution in [2.45, 2.75) is 6.92 Å². The van der Waals surface area contributed by atoms with Crippen LogP contribution in [0.25, 0.3) is 10.9 Å². The third-order valence-electron chi connectivity index (χ3n) is 2.12. The lowest BCUT2D eigenvalue weighted by Crippen LogP contribution is -1.82. The Morgan fingerprint density at radius 3 is 2.92 bits per heavy atom. The monoisotopic (exact) mass is 171 g/mol. The molecule has 0 unspecified atom stereocenters. The van der Waals surface area contributed by atoms with Crippen molar-refractivity contribution in [1.82, 2.24) is 4.98 Å². The number of aromatic nitrogens is 1. The number of nitrogens with two attached hydrogens (primary N) is 1. The molecule has 2 rings (SSSR count). The Morgan fingerprint density at radius 2 is 2.23 bits per heavy atom. The number of aryl methyl sites for hydroxylation is 1. The molecule has 2 aromatic rings. The topological polar surface area (TPSA) is 65.6 Å². The van der Waals surface area contributed by atoms with Crippen LogP contribution in [-0.4, -0.2) is 4.98 Å². The predicted molar refractivity (Wildman–Crippen MR) is 52.2 cm³/mol. The number of nitrogen functional groups attached to an aromatic ring is 1. The van der Waals surface area contributed by atoms with Crippen LogP contribution < -0.4 is 5.73 Å². The van der Waals surface area contributed by atoms with Gasteiger partial charge in [-0.3, -0.25) is 0 Å². The quantitative estimate of drug-likeness (QED) is 0.595. The lowest BCUT2D eigenvalue weighted by atomic mass is 10.1. The van der Waals surface area contributed by atoms with E-state index in [-0.39, 0.29) is 0 Å². The van der Waals surface area contributed by atoms with Gasteiger partial charge in [0.1, 0.15) is 6.07 Å². The second-order valence-electron chi connectivity index (χ2n) is 3.04. The molecule has 64 valence electrons. The van der Waals surface area contributed by atoms with Crippen LogP contribution in [0, 0.1) is 18.3 Å². The zero-order valence-corrected chi connectivity index (χ0v) is 7.26. The molecule has 0 bridgehead atoms. The molecule has 3 heteroatoms. The molecule has 1 aromatic heterocycles. The molecule has 1 heterocycles. The Morgan fingerprint density at radius 1 is 1.46 bits per heavy atom. The standard InChI is InChI=1S/C10H9N3/c1-6-9(5-11)8-4-7(12)2-3-10(8)13-6/h2-4,13H,12H2,1H3. The van der Waals surface area contributed by atoms with Gasteiger partial charge in [-0.2, -0.15) is 5.26 Å². The van der Waals surface area contributed by atoms with Gasteiger partial charge in [-0.15, -0.1) is 0 Å². The van der Waals surface area contributed by atoms with Crippen LogP contribution in [-0.2, 0) is 0 Å². The SMILES string of the molecule is Cc1[nH]c2ccc(N)cc2c1C#N. The van der Waals surface area contributed by atoms with Crippen molar-refractivity contribution in [2.24, 2.45) is 0 Å². The van der Waals surface area contributed by atoms with E-state index >= 15 is 0 Å². The fourth-order valence-electron chi connectivity index (χ4n) is 1.49. The minimum absolute atomic E-state index is 0.683. The van der Waals surface area contributed by atoms with Gasteiger partial charge in [-0.1, -0.05) is 0 Å². The number of hydrogen-bond donors (Lipinski definition) is 2. The zero-order chi connectivity index (χ0) is 9.42. The van der Waals surface area contributed by atoms with Gasteiger partial charge in [-0.25, -0.2) is 0 Å². The maximum Gasteiger partial charge on any atom is 0.102 e. The third kappa shape index (κ3) is 1.04. The van der Waals surface area contributed by atoms with Crippen molar-refractivity contribution in [1.29, 1.82) is 5.26 Å². The van der Waals surface area contributed by atoms with Gasteiger partial charge in [-0.05, 0) is 25.1 Å². The minimum Gasteiger partial charge on any atom is -0.399 e. The molecule has 0 atom stereocenters. The smallest absolute Gasteiger partial charge is 0.102 e. The minimum atomic E-state index is 0.683. The first-order valence-electron chi connectivity index (χ1n) is 4.00.